The van der Waals surface area contributed by atoms with E-state index in [1.807, 2.05) is 0 Å². The Morgan fingerprint density at radius 3 is 0.962 bits per heavy atom. The third-order valence-electron chi connectivity index (χ3n) is 6.80. The van der Waals surface area contributed by atoms with E-state index in [1.54, 1.807) is 0 Å². The summed E-state index contributed by atoms with van der Waals surface area (Å²) >= 11 is 0. The average molecular weight is 749 g/mol. The Morgan fingerprint density at radius 1 is 0.423 bits per heavy atom. The van der Waals surface area contributed by atoms with E-state index in [2.05, 4.69) is 6.58 Å². The molecule has 2 saturated heterocycles. The topological polar surface area (TPSA) is 247 Å². The van der Waals surface area contributed by atoms with E-state index in [0.717, 1.165) is 55.4 Å². The van der Waals surface area contributed by atoms with Crippen LogP contribution in [0.3, 0.4) is 0 Å². The molecule has 0 radical (unpaired) electrons. The average Bonchev–Trinajstić information content (AvgIpc) is 3.00. The molecule has 2 fully saturated rings. The summed E-state index contributed by atoms with van der Waals surface area (Å²) in [6.45, 7) is 10.8. The van der Waals surface area contributed by atoms with Crippen LogP contribution in [0.1, 0.15) is 55.4 Å². The first-order valence-corrected chi connectivity index (χ1v) is 15.8. The minimum atomic E-state index is -1.52. The molecule has 6 unspecified atom stereocenters. The van der Waals surface area contributed by atoms with Gasteiger partial charge in [0.05, 0.1) is 13.2 Å². The zero-order chi connectivity index (χ0) is 39.3. The molecule has 0 aromatic rings. The van der Waals surface area contributed by atoms with Crippen molar-refractivity contribution >= 4 is 47.8 Å². The third-order valence-corrected chi connectivity index (χ3v) is 6.80. The molecule has 0 bridgehead atoms. The Labute approximate surface area is 298 Å². The standard InChI is InChI=1S/C32H44O20/c1-14(10-43-31-29(49-21(8)39)27(47-19(6)37)25(45-17(4)35)23(51-31)12-41-15(2)33)11-44-32-30(50-22(9)40)28(48-20(7)38)26(46-18(5)36)24(52-32)13-42-16(3)34/h23-32H,1,10-13H2,2-9H3/t23?,24?,25-,26-,27?,28?,29-,30-,31?,32?/m1/s1. The van der Waals surface area contributed by atoms with Crippen LogP contribution in [0.2, 0.25) is 0 Å². The van der Waals surface area contributed by atoms with Gasteiger partial charge < -0.3 is 56.8 Å². The van der Waals surface area contributed by atoms with Gasteiger partial charge in [-0.05, 0) is 5.57 Å². The maximum absolute atomic E-state index is 12.1. The molecule has 0 N–H and O–H groups in total. The van der Waals surface area contributed by atoms with Crippen molar-refractivity contribution < 1.29 is 95.2 Å². The van der Waals surface area contributed by atoms with E-state index in [9.17, 15) is 38.4 Å². The molecule has 2 rings (SSSR count). The summed E-state index contributed by atoms with van der Waals surface area (Å²) in [6.07, 6.45) is -14.4. The van der Waals surface area contributed by atoms with Crippen molar-refractivity contribution in [3.05, 3.63) is 12.2 Å². The highest BCUT2D eigenvalue weighted by Gasteiger charge is 2.54. The van der Waals surface area contributed by atoms with E-state index in [0.29, 0.717) is 0 Å². The molecule has 20 heteroatoms. The van der Waals surface area contributed by atoms with Crippen molar-refractivity contribution in [3.8, 4) is 0 Å². The van der Waals surface area contributed by atoms with Crippen LogP contribution >= 0.6 is 0 Å². The molecular weight excluding hydrogens is 704 g/mol. The van der Waals surface area contributed by atoms with E-state index < -0.39 is 136 Å². The van der Waals surface area contributed by atoms with Gasteiger partial charge in [0.2, 0.25) is 0 Å². The quantitative estimate of drug-likeness (QED) is 0.112. The molecule has 0 amide bonds. The van der Waals surface area contributed by atoms with Crippen LogP contribution in [0.25, 0.3) is 0 Å². The summed E-state index contributed by atoms with van der Waals surface area (Å²) in [5, 5.41) is 0. The molecule has 0 aromatic carbocycles. The van der Waals surface area contributed by atoms with Crippen LogP contribution in [-0.2, 0) is 95.2 Å². The summed E-state index contributed by atoms with van der Waals surface area (Å²) < 4.78 is 65.7. The van der Waals surface area contributed by atoms with Crippen LogP contribution in [0.15, 0.2) is 12.2 Å². The molecule has 2 aliphatic rings. The lowest BCUT2D eigenvalue weighted by Crippen LogP contribution is -2.63. The summed E-state index contributed by atoms with van der Waals surface area (Å²) in [5.41, 5.74) is 0.153. The summed E-state index contributed by atoms with van der Waals surface area (Å²) in [5.74, 6) is -6.40. The largest absolute Gasteiger partial charge is 0.463 e. The second-order valence-corrected chi connectivity index (χ2v) is 11.5. The minimum absolute atomic E-state index is 0.153. The van der Waals surface area contributed by atoms with Crippen LogP contribution < -0.4 is 0 Å². The van der Waals surface area contributed by atoms with Crippen LogP contribution in [0, 0.1) is 0 Å². The maximum atomic E-state index is 12.1. The fourth-order valence-electron chi connectivity index (χ4n) is 5.09. The maximum Gasteiger partial charge on any atom is 0.303 e. The van der Waals surface area contributed by atoms with Crippen molar-refractivity contribution in [2.45, 2.75) is 117 Å². The molecular formula is C32H44O20. The summed E-state index contributed by atoms with van der Waals surface area (Å²) in [4.78, 5) is 95.5. The monoisotopic (exact) mass is 748 g/mol. The second-order valence-electron chi connectivity index (χ2n) is 11.5. The van der Waals surface area contributed by atoms with Gasteiger partial charge in [-0.15, -0.1) is 0 Å². The number of ether oxygens (including phenoxy) is 12. The highest BCUT2D eigenvalue weighted by atomic mass is 16.7. The molecule has 0 saturated carbocycles. The van der Waals surface area contributed by atoms with Gasteiger partial charge in [0.25, 0.3) is 0 Å². The molecule has 0 aromatic heterocycles. The second kappa shape index (κ2) is 20.4. The fourth-order valence-corrected chi connectivity index (χ4v) is 5.09. The Kier molecular flexibility index (Phi) is 17.1. The summed E-state index contributed by atoms with van der Waals surface area (Å²) in [7, 11) is 0. The van der Waals surface area contributed by atoms with Gasteiger partial charge in [-0.2, -0.15) is 0 Å². The fraction of sp³-hybridized carbons (Fsp3) is 0.688. The highest BCUT2D eigenvalue weighted by Crippen LogP contribution is 2.32. The molecule has 2 heterocycles. The van der Waals surface area contributed by atoms with E-state index in [-0.39, 0.29) is 5.57 Å². The van der Waals surface area contributed by atoms with Crippen LogP contribution in [0.5, 0.6) is 0 Å². The van der Waals surface area contributed by atoms with Gasteiger partial charge in [0.1, 0.15) is 25.4 Å². The normalized spacial score (nSPS) is 28.2. The van der Waals surface area contributed by atoms with Gasteiger partial charge in [-0.1, -0.05) is 6.58 Å². The van der Waals surface area contributed by atoms with E-state index >= 15 is 0 Å². The summed E-state index contributed by atoms with van der Waals surface area (Å²) in [6, 6.07) is 0. The van der Waals surface area contributed by atoms with Gasteiger partial charge >= 0.3 is 47.8 Å². The Bertz CT molecular complexity index is 1240. The SMILES string of the molecule is C=C(COC1OC(COC(C)=O)[C@@H](OC(C)=O)C(OC(C)=O)[C@H]1OC(C)=O)COC1OC(COC(C)=O)[C@@H](OC(C)=O)C(OC(C)=O)[C@H]1OC(C)=O. The van der Waals surface area contributed by atoms with Crippen LogP contribution in [-0.4, -0.2) is 136 Å². The Hall–Kier alpha value is -4.66. The van der Waals surface area contributed by atoms with Crippen molar-refractivity contribution in [2.24, 2.45) is 0 Å². The number of rotatable bonds is 16. The zero-order valence-corrected chi connectivity index (χ0v) is 30.0. The number of hydrogen-bond donors (Lipinski definition) is 0. The first-order chi connectivity index (χ1) is 24.3. The minimum Gasteiger partial charge on any atom is -0.463 e. The molecule has 52 heavy (non-hydrogen) atoms. The molecule has 2 aliphatic heterocycles. The molecule has 20 nitrogen and oxygen atoms in total. The van der Waals surface area contributed by atoms with Crippen molar-refractivity contribution in [2.75, 3.05) is 26.4 Å². The Morgan fingerprint density at radius 2 is 0.692 bits per heavy atom. The lowest BCUT2D eigenvalue weighted by Gasteiger charge is -2.44. The van der Waals surface area contributed by atoms with Crippen molar-refractivity contribution in [1.82, 2.24) is 0 Å². The molecule has 0 aliphatic carbocycles. The first-order valence-electron chi connectivity index (χ1n) is 15.8. The lowest BCUT2D eigenvalue weighted by molar-refractivity contribution is -0.310. The van der Waals surface area contributed by atoms with E-state index in [4.69, 9.17) is 56.8 Å². The zero-order valence-electron chi connectivity index (χ0n) is 30.0. The predicted octanol–water partition coefficient (Wildman–Crippen LogP) is -0.258. The van der Waals surface area contributed by atoms with Crippen molar-refractivity contribution in [1.29, 1.82) is 0 Å². The molecule has 10 atom stereocenters. The van der Waals surface area contributed by atoms with Gasteiger partial charge in [-0.3, -0.25) is 38.4 Å². The molecule has 0 spiro atoms. The number of carbonyl (C=O) groups is 8. The smallest absolute Gasteiger partial charge is 0.303 e. The first kappa shape index (κ1) is 43.5. The highest BCUT2D eigenvalue weighted by molar-refractivity contribution is 5.70. The van der Waals surface area contributed by atoms with E-state index in [1.165, 1.54) is 0 Å². The van der Waals surface area contributed by atoms with Gasteiger partial charge in [-0.25, -0.2) is 0 Å². The predicted molar refractivity (Wildman–Crippen MR) is 165 cm³/mol. The number of esters is 8. The number of hydrogen-bond acceptors (Lipinski definition) is 20. The molecule has 292 valence electrons. The lowest BCUT2D eigenvalue weighted by atomic mass is 9.98. The number of carbonyl (C=O) groups excluding carboxylic acids is 8. The van der Waals surface area contributed by atoms with Gasteiger partial charge in [0.15, 0.2) is 49.2 Å². The van der Waals surface area contributed by atoms with Crippen molar-refractivity contribution in [3.63, 3.8) is 0 Å². The van der Waals surface area contributed by atoms with Gasteiger partial charge in [0, 0.05) is 55.4 Å². The van der Waals surface area contributed by atoms with Crippen LogP contribution in [0.4, 0.5) is 0 Å². The Balaban J connectivity index is 2.34. The third kappa shape index (κ3) is 14.2.